The first-order chi connectivity index (χ1) is 13.0. The molecule has 0 heterocycles. The lowest BCUT2D eigenvalue weighted by molar-refractivity contribution is 0.340. The van der Waals surface area contributed by atoms with Crippen LogP contribution in [0.4, 0.5) is 5.69 Å². The van der Waals surface area contributed by atoms with Crippen LogP contribution in [0.2, 0.25) is 0 Å². The van der Waals surface area contributed by atoms with Gasteiger partial charge in [0.05, 0.1) is 11.5 Å². The molecule has 3 rings (SSSR count). The number of hydrogen-bond donors (Lipinski definition) is 1. The minimum absolute atomic E-state index is 0.152. The Morgan fingerprint density at radius 2 is 1.33 bits per heavy atom. The Hall–Kier alpha value is -2.51. The van der Waals surface area contributed by atoms with Gasteiger partial charge in [-0.3, -0.25) is 4.72 Å². The van der Waals surface area contributed by atoms with Crippen molar-refractivity contribution in [1.82, 2.24) is 0 Å². The Morgan fingerprint density at radius 1 is 0.815 bits per heavy atom. The van der Waals surface area contributed by atoms with E-state index in [-0.39, 0.29) is 4.90 Å². The van der Waals surface area contributed by atoms with Gasteiger partial charge in [-0.25, -0.2) is 8.42 Å². The summed E-state index contributed by atoms with van der Waals surface area (Å²) >= 11 is 3.36. The molecule has 0 aliphatic carbocycles. The van der Waals surface area contributed by atoms with E-state index in [1.54, 1.807) is 36.4 Å². The second-order valence-electron chi connectivity index (χ2n) is 5.59. The predicted octanol–water partition coefficient (Wildman–Crippen LogP) is 5.44. The van der Waals surface area contributed by atoms with Gasteiger partial charge in [-0.2, -0.15) is 0 Å². The van der Waals surface area contributed by atoms with Gasteiger partial charge in [0.15, 0.2) is 0 Å². The molecule has 0 atom stereocenters. The molecule has 0 aromatic heterocycles. The average Bonchev–Trinajstić information content (AvgIpc) is 2.66. The van der Waals surface area contributed by atoms with Gasteiger partial charge in [-0.15, -0.1) is 0 Å². The first-order valence-electron chi connectivity index (χ1n) is 8.25. The van der Waals surface area contributed by atoms with Crippen LogP contribution >= 0.6 is 15.9 Å². The van der Waals surface area contributed by atoms with E-state index in [4.69, 9.17) is 9.47 Å². The first-order valence-corrected chi connectivity index (χ1v) is 10.5. The van der Waals surface area contributed by atoms with Crippen LogP contribution in [0, 0.1) is 0 Å². The summed E-state index contributed by atoms with van der Waals surface area (Å²) in [4.78, 5) is 0.152. The van der Waals surface area contributed by atoms with Crippen LogP contribution in [0.3, 0.4) is 0 Å². The Kier molecular flexibility index (Phi) is 6.03. The Balaban J connectivity index is 1.70. The lowest BCUT2D eigenvalue weighted by atomic mass is 10.3. The number of halogens is 1. The summed E-state index contributed by atoms with van der Waals surface area (Å²) in [6, 6.07) is 20.4. The van der Waals surface area contributed by atoms with Crippen molar-refractivity contribution in [2.75, 3.05) is 11.3 Å². The molecule has 0 saturated carbocycles. The summed E-state index contributed by atoms with van der Waals surface area (Å²) in [5.74, 6) is 1.91. The number of rotatable bonds is 7. The fourth-order valence-corrected chi connectivity index (χ4v) is 3.65. The molecule has 27 heavy (non-hydrogen) atoms. The van der Waals surface area contributed by atoms with Gasteiger partial charge in [-0.1, -0.05) is 15.9 Å². The number of benzene rings is 3. The van der Waals surface area contributed by atoms with Crippen molar-refractivity contribution in [3.63, 3.8) is 0 Å². The van der Waals surface area contributed by atoms with Crippen LogP contribution in [0.25, 0.3) is 0 Å². The van der Waals surface area contributed by atoms with Gasteiger partial charge >= 0.3 is 0 Å². The molecule has 0 unspecified atom stereocenters. The molecular weight excluding hydrogens is 430 g/mol. The molecule has 3 aromatic rings. The molecule has 0 amide bonds. The molecule has 0 fully saturated rings. The predicted molar refractivity (Wildman–Crippen MR) is 109 cm³/mol. The van der Waals surface area contributed by atoms with Crippen molar-refractivity contribution in [3.05, 3.63) is 77.3 Å². The van der Waals surface area contributed by atoms with Gasteiger partial charge in [0.2, 0.25) is 0 Å². The van der Waals surface area contributed by atoms with E-state index in [1.807, 2.05) is 31.2 Å². The van der Waals surface area contributed by atoms with Crippen LogP contribution < -0.4 is 14.2 Å². The molecule has 0 aliphatic heterocycles. The van der Waals surface area contributed by atoms with Crippen LogP contribution in [0.1, 0.15) is 6.92 Å². The zero-order valence-corrected chi connectivity index (χ0v) is 17.0. The normalized spacial score (nSPS) is 11.0. The molecule has 0 saturated heterocycles. The molecule has 140 valence electrons. The second kappa shape index (κ2) is 8.45. The number of sulfonamides is 1. The van der Waals surface area contributed by atoms with E-state index in [1.165, 1.54) is 12.1 Å². The Bertz CT molecular complexity index is 986. The summed E-state index contributed by atoms with van der Waals surface area (Å²) in [5.41, 5.74) is 0.466. The maximum absolute atomic E-state index is 12.5. The quantitative estimate of drug-likeness (QED) is 0.523. The third kappa shape index (κ3) is 5.24. The average molecular weight is 448 g/mol. The van der Waals surface area contributed by atoms with E-state index >= 15 is 0 Å². The van der Waals surface area contributed by atoms with Crippen molar-refractivity contribution in [2.24, 2.45) is 0 Å². The molecular formula is C20H18BrNO4S. The number of hydrogen-bond acceptors (Lipinski definition) is 4. The van der Waals surface area contributed by atoms with Gasteiger partial charge in [0, 0.05) is 10.2 Å². The van der Waals surface area contributed by atoms with Crippen molar-refractivity contribution in [3.8, 4) is 17.2 Å². The molecule has 0 spiro atoms. The first kappa shape index (κ1) is 19.3. The lowest BCUT2D eigenvalue weighted by Crippen LogP contribution is -2.12. The van der Waals surface area contributed by atoms with E-state index in [2.05, 4.69) is 20.7 Å². The largest absolute Gasteiger partial charge is 0.494 e. The molecule has 7 heteroatoms. The summed E-state index contributed by atoms with van der Waals surface area (Å²) in [6.07, 6.45) is 0. The third-order valence-corrected chi connectivity index (χ3v) is 5.53. The highest BCUT2D eigenvalue weighted by molar-refractivity contribution is 9.10. The van der Waals surface area contributed by atoms with Crippen LogP contribution in [0.15, 0.2) is 82.2 Å². The maximum atomic E-state index is 12.5. The monoisotopic (exact) mass is 447 g/mol. The van der Waals surface area contributed by atoms with Crippen molar-refractivity contribution in [1.29, 1.82) is 0 Å². The summed E-state index contributed by atoms with van der Waals surface area (Å²) < 4.78 is 39.6. The fourth-order valence-electron chi connectivity index (χ4n) is 2.33. The molecule has 0 aliphatic rings. The van der Waals surface area contributed by atoms with Crippen molar-refractivity contribution < 1.29 is 17.9 Å². The number of anilines is 1. The van der Waals surface area contributed by atoms with E-state index < -0.39 is 10.0 Å². The fraction of sp³-hybridized carbons (Fsp3) is 0.100. The third-order valence-electron chi connectivity index (χ3n) is 3.60. The zero-order valence-electron chi connectivity index (χ0n) is 14.6. The highest BCUT2D eigenvalue weighted by Crippen LogP contribution is 2.25. The van der Waals surface area contributed by atoms with Crippen LogP contribution in [0.5, 0.6) is 17.2 Å². The van der Waals surface area contributed by atoms with E-state index in [9.17, 15) is 8.42 Å². The summed E-state index contributed by atoms with van der Waals surface area (Å²) in [7, 11) is -3.69. The minimum atomic E-state index is -3.69. The Labute approximate surface area is 167 Å². The van der Waals surface area contributed by atoms with Gasteiger partial charge < -0.3 is 9.47 Å². The minimum Gasteiger partial charge on any atom is -0.494 e. The topological polar surface area (TPSA) is 64.6 Å². The molecule has 5 nitrogen and oxygen atoms in total. The van der Waals surface area contributed by atoms with Crippen LogP contribution in [-0.2, 0) is 10.0 Å². The van der Waals surface area contributed by atoms with Crippen molar-refractivity contribution >= 4 is 31.6 Å². The summed E-state index contributed by atoms with van der Waals surface area (Å²) in [6.45, 7) is 2.44. The highest BCUT2D eigenvalue weighted by Gasteiger charge is 2.14. The van der Waals surface area contributed by atoms with Crippen LogP contribution in [-0.4, -0.2) is 15.0 Å². The van der Waals surface area contributed by atoms with Gasteiger partial charge in [0.1, 0.15) is 17.2 Å². The molecule has 1 N–H and O–H groups in total. The second-order valence-corrected chi connectivity index (χ2v) is 8.19. The molecule has 3 aromatic carbocycles. The standard InChI is InChI=1S/C20H18BrNO4S/c1-2-25-17-9-5-16(6-10-17)22-27(23,24)20-13-11-19(12-14-20)26-18-7-3-15(21)4-8-18/h3-14,22H,2H2,1H3. The molecule has 0 radical (unpaired) electrons. The van der Waals surface area contributed by atoms with E-state index in [0.29, 0.717) is 29.5 Å². The van der Waals surface area contributed by atoms with Crippen molar-refractivity contribution in [2.45, 2.75) is 11.8 Å². The summed E-state index contributed by atoms with van der Waals surface area (Å²) in [5, 5.41) is 0. The van der Waals surface area contributed by atoms with Gasteiger partial charge in [0.25, 0.3) is 10.0 Å². The molecule has 0 bridgehead atoms. The van der Waals surface area contributed by atoms with Gasteiger partial charge in [-0.05, 0) is 79.7 Å². The zero-order chi connectivity index (χ0) is 19.3. The van der Waals surface area contributed by atoms with E-state index in [0.717, 1.165) is 4.47 Å². The smallest absolute Gasteiger partial charge is 0.261 e. The lowest BCUT2D eigenvalue weighted by Gasteiger charge is -2.10. The number of nitrogens with one attached hydrogen (secondary N) is 1. The maximum Gasteiger partial charge on any atom is 0.261 e. The SMILES string of the molecule is CCOc1ccc(NS(=O)(=O)c2ccc(Oc3ccc(Br)cc3)cc2)cc1. The Morgan fingerprint density at radius 3 is 1.89 bits per heavy atom. The highest BCUT2D eigenvalue weighted by atomic mass is 79.9. The number of ether oxygens (including phenoxy) is 2.